The zero-order valence-corrected chi connectivity index (χ0v) is 6.46. The van der Waals surface area contributed by atoms with Crippen molar-refractivity contribution < 1.29 is 0 Å². The fourth-order valence-corrected chi connectivity index (χ4v) is 0.738. The van der Waals surface area contributed by atoms with E-state index in [2.05, 4.69) is 20.5 Å². The van der Waals surface area contributed by atoms with Crippen LogP contribution in [-0.2, 0) is 0 Å². The standard InChI is InChI=1S/C5H5ClN4O/c1-7-4-3(10-11)2-8-5(6)9-4/h2H,1H3,(H,7,8,9). The molecule has 0 aromatic carbocycles. The van der Waals surface area contributed by atoms with Crippen LogP contribution in [0.4, 0.5) is 11.5 Å². The summed E-state index contributed by atoms with van der Waals surface area (Å²) < 4.78 is 0. The molecular formula is C5H5ClN4O. The summed E-state index contributed by atoms with van der Waals surface area (Å²) in [6, 6.07) is 0. The Labute approximate surface area is 67.8 Å². The topological polar surface area (TPSA) is 67.2 Å². The molecule has 0 radical (unpaired) electrons. The minimum atomic E-state index is 0.0850. The van der Waals surface area contributed by atoms with Gasteiger partial charge in [-0.1, -0.05) is 0 Å². The van der Waals surface area contributed by atoms with E-state index < -0.39 is 0 Å². The average Bonchev–Trinajstić information content (AvgIpc) is 2.04. The second kappa shape index (κ2) is 3.25. The highest BCUT2D eigenvalue weighted by molar-refractivity contribution is 6.28. The normalized spacial score (nSPS) is 9.27. The highest BCUT2D eigenvalue weighted by atomic mass is 35.5. The molecule has 0 aliphatic rings. The maximum absolute atomic E-state index is 10.1. The van der Waals surface area contributed by atoms with Gasteiger partial charge in [0, 0.05) is 7.05 Å². The molecule has 58 valence electrons. The van der Waals surface area contributed by atoms with Crippen molar-refractivity contribution in [2.75, 3.05) is 12.4 Å². The Morgan fingerprint density at radius 2 is 2.45 bits per heavy atom. The lowest BCUT2D eigenvalue weighted by molar-refractivity contribution is 1.15. The first-order valence-electron chi connectivity index (χ1n) is 2.81. The Balaban J connectivity index is 3.16. The van der Waals surface area contributed by atoms with E-state index in [1.807, 2.05) is 0 Å². The molecular weight excluding hydrogens is 168 g/mol. The van der Waals surface area contributed by atoms with Crippen LogP contribution in [-0.4, -0.2) is 17.0 Å². The number of halogens is 1. The van der Waals surface area contributed by atoms with Crippen LogP contribution < -0.4 is 5.32 Å². The zero-order valence-electron chi connectivity index (χ0n) is 5.71. The first-order valence-corrected chi connectivity index (χ1v) is 3.19. The van der Waals surface area contributed by atoms with Crippen LogP contribution >= 0.6 is 11.6 Å². The van der Waals surface area contributed by atoms with Crippen molar-refractivity contribution in [3.63, 3.8) is 0 Å². The van der Waals surface area contributed by atoms with Gasteiger partial charge in [0.15, 0.2) is 11.5 Å². The summed E-state index contributed by atoms with van der Waals surface area (Å²) >= 11 is 5.45. The van der Waals surface area contributed by atoms with Gasteiger partial charge in [-0.05, 0) is 16.8 Å². The molecule has 0 fully saturated rings. The Bertz CT molecular complexity index is 277. The van der Waals surface area contributed by atoms with E-state index in [9.17, 15) is 4.91 Å². The summed E-state index contributed by atoms with van der Waals surface area (Å²) in [5.41, 5.74) is 0.150. The van der Waals surface area contributed by atoms with Crippen LogP contribution in [0.2, 0.25) is 5.28 Å². The molecule has 1 heterocycles. The monoisotopic (exact) mass is 172 g/mol. The second-order valence-corrected chi connectivity index (χ2v) is 2.05. The molecule has 11 heavy (non-hydrogen) atoms. The van der Waals surface area contributed by atoms with E-state index in [1.54, 1.807) is 7.05 Å². The van der Waals surface area contributed by atoms with Crippen molar-refractivity contribution in [3.8, 4) is 0 Å². The van der Waals surface area contributed by atoms with Crippen LogP contribution in [0.3, 0.4) is 0 Å². The van der Waals surface area contributed by atoms with E-state index in [0.717, 1.165) is 0 Å². The summed E-state index contributed by atoms with van der Waals surface area (Å²) in [6.07, 6.45) is 1.26. The molecule has 0 unspecified atom stereocenters. The molecule has 0 amide bonds. The largest absolute Gasteiger partial charge is 0.371 e. The van der Waals surface area contributed by atoms with Crippen molar-refractivity contribution in [2.45, 2.75) is 0 Å². The highest BCUT2D eigenvalue weighted by Gasteiger charge is 2.03. The van der Waals surface area contributed by atoms with E-state index in [0.29, 0.717) is 5.82 Å². The smallest absolute Gasteiger partial charge is 0.224 e. The summed E-state index contributed by atoms with van der Waals surface area (Å²) in [4.78, 5) is 17.4. The van der Waals surface area contributed by atoms with Gasteiger partial charge in [0.2, 0.25) is 5.28 Å². The third kappa shape index (κ3) is 1.62. The molecule has 6 heteroatoms. The molecule has 0 saturated carbocycles. The summed E-state index contributed by atoms with van der Waals surface area (Å²) in [6.45, 7) is 0. The van der Waals surface area contributed by atoms with Gasteiger partial charge in [0.25, 0.3) is 0 Å². The lowest BCUT2D eigenvalue weighted by Crippen LogP contribution is -1.93. The maximum atomic E-state index is 10.1. The molecule has 1 rings (SSSR count). The third-order valence-electron chi connectivity index (χ3n) is 1.08. The van der Waals surface area contributed by atoms with Gasteiger partial charge < -0.3 is 5.32 Å². The van der Waals surface area contributed by atoms with Gasteiger partial charge in [0.1, 0.15) is 0 Å². The number of nitroso groups, excluding NO2 is 1. The first-order chi connectivity index (χ1) is 5.27. The van der Waals surface area contributed by atoms with Crippen LogP contribution in [0.1, 0.15) is 0 Å². The molecule has 0 saturated heterocycles. The van der Waals surface area contributed by atoms with E-state index in [4.69, 9.17) is 11.6 Å². The molecule has 5 nitrogen and oxygen atoms in total. The Kier molecular flexibility index (Phi) is 2.32. The van der Waals surface area contributed by atoms with Crippen molar-refractivity contribution >= 4 is 23.1 Å². The Hall–Kier alpha value is -1.23. The fraction of sp³-hybridized carbons (Fsp3) is 0.200. The zero-order chi connectivity index (χ0) is 8.27. The Morgan fingerprint density at radius 1 is 1.73 bits per heavy atom. The number of anilines is 1. The summed E-state index contributed by atoms with van der Waals surface area (Å²) in [5, 5.41) is 5.43. The fourth-order valence-electron chi connectivity index (χ4n) is 0.605. The van der Waals surface area contributed by atoms with E-state index in [-0.39, 0.29) is 11.0 Å². The van der Waals surface area contributed by atoms with Crippen LogP contribution in [0.25, 0.3) is 0 Å². The summed E-state index contributed by atoms with van der Waals surface area (Å²) in [7, 11) is 1.62. The van der Waals surface area contributed by atoms with Crippen molar-refractivity contribution in [2.24, 2.45) is 5.18 Å². The van der Waals surface area contributed by atoms with Gasteiger partial charge in [-0.2, -0.15) is 4.98 Å². The molecule has 1 N–H and O–H groups in total. The van der Waals surface area contributed by atoms with Gasteiger partial charge in [-0.15, -0.1) is 4.91 Å². The van der Waals surface area contributed by atoms with E-state index in [1.165, 1.54) is 6.20 Å². The second-order valence-electron chi connectivity index (χ2n) is 1.71. The number of hydrogen-bond acceptors (Lipinski definition) is 5. The van der Waals surface area contributed by atoms with Gasteiger partial charge in [-0.3, -0.25) is 0 Å². The van der Waals surface area contributed by atoms with Gasteiger partial charge >= 0.3 is 0 Å². The minimum Gasteiger partial charge on any atom is -0.371 e. The molecule has 0 spiro atoms. The lowest BCUT2D eigenvalue weighted by atomic mass is 10.5. The number of hydrogen-bond donors (Lipinski definition) is 1. The average molecular weight is 173 g/mol. The highest BCUT2D eigenvalue weighted by Crippen LogP contribution is 2.21. The Morgan fingerprint density at radius 3 is 3.00 bits per heavy atom. The van der Waals surface area contributed by atoms with Crippen molar-refractivity contribution in [1.29, 1.82) is 0 Å². The predicted octanol–water partition coefficient (Wildman–Crippen LogP) is 1.57. The van der Waals surface area contributed by atoms with Gasteiger partial charge in [0.05, 0.1) is 6.20 Å². The number of aromatic nitrogens is 2. The maximum Gasteiger partial charge on any atom is 0.224 e. The third-order valence-corrected chi connectivity index (χ3v) is 1.26. The van der Waals surface area contributed by atoms with Crippen LogP contribution in [0.5, 0.6) is 0 Å². The first kappa shape index (κ1) is 7.87. The molecule has 0 aliphatic carbocycles. The van der Waals surface area contributed by atoms with E-state index >= 15 is 0 Å². The molecule has 1 aromatic heterocycles. The minimum absolute atomic E-state index is 0.0850. The van der Waals surface area contributed by atoms with Crippen LogP contribution in [0.15, 0.2) is 11.4 Å². The number of nitrogens with one attached hydrogen (secondary N) is 1. The molecule has 1 aromatic rings. The molecule has 0 atom stereocenters. The quantitative estimate of drug-likeness (QED) is 0.543. The summed E-state index contributed by atoms with van der Waals surface area (Å²) in [5.74, 6) is 0.333. The van der Waals surface area contributed by atoms with Crippen molar-refractivity contribution in [3.05, 3.63) is 16.4 Å². The number of nitrogens with zero attached hydrogens (tertiary/aromatic N) is 3. The molecule has 0 aliphatic heterocycles. The predicted molar refractivity (Wildman–Crippen MR) is 42.0 cm³/mol. The van der Waals surface area contributed by atoms with Crippen LogP contribution in [0, 0.1) is 4.91 Å². The lowest BCUT2D eigenvalue weighted by Gasteiger charge is -1.99. The van der Waals surface area contributed by atoms with Crippen molar-refractivity contribution in [1.82, 2.24) is 9.97 Å². The SMILES string of the molecule is CNc1nc(Cl)ncc1N=O. The van der Waals surface area contributed by atoms with Gasteiger partial charge in [-0.25, -0.2) is 4.98 Å². The molecule has 0 bridgehead atoms. The number of rotatable bonds is 2.